The van der Waals surface area contributed by atoms with Crippen LogP contribution in [0.4, 0.5) is 4.39 Å². The molecule has 0 aliphatic rings. The second-order valence-electron chi connectivity index (χ2n) is 5.51. The molecule has 2 rings (SSSR count). The van der Waals surface area contributed by atoms with E-state index in [0.29, 0.717) is 11.3 Å². The van der Waals surface area contributed by atoms with E-state index in [1.807, 2.05) is 13.8 Å². The number of sulfonamides is 1. The molecule has 0 spiro atoms. The lowest BCUT2D eigenvalue weighted by Crippen LogP contribution is -2.23. The van der Waals surface area contributed by atoms with Gasteiger partial charge < -0.3 is 4.74 Å². The van der Waals surface area contributed by atoms with Crippen LogP contribution in [0.1, 0.15) is 30.9 Å². The lowest BCUT2D eigenvalue weighted by molar-refractivity contribution is 0.407. The minimum Gasteiger partial charge on any atom is -0.496 e. The van der Waals surface area contributed by atoms with E-state index in [-0.39, 0.29) is 17.4 Å². The third-order valence-corrected chi connectivity index (χ3v) is 4.89. The average Bonchev–Trinajstić information content (AvgIpc) is 2.52. The Bertz CT molecular complexity index is 788. The number of methoxy groups -OCH3 is 1. The van der Waals surface area contributed by atoms with Crippen molar-refractivity contribution in [2.24, 2.45) is 0 Å². The Morgan fingerprint density at radius 2 is 1.91 bits per heavy atom. The highest BCUT2D eigenvalue weighted by Gasteiger charge is 2.17. The Hall–Kier alpha value is -1.92. The fourth-order valence-electron chi connectivity index (χ4n) is 2.24. The molecule has 0 aliphatic heterocycles. The summed E-state index contributed by atoms with van der Waals surface area (Å²) in [5.74, 6) is 0.389. The van der Waals surface area contributed by atoms with Crippen molar-refractivity contribution in [2.45, 2.75) is 31.2 Å². The summed E-state index contributed by atoms with van der Waals surface area (Å²) in [7, 11) is -2.13. The van der Waals surface area contributed by atoms with Crippen LogP contribution < -0.4 is 9.46 Å². The van der Waals surface area contributed by atoms with Crippen LogP contribution in [0.15, 0.2) is 47.4 Å². The molecular formula is C17H20FNO3S. The van der Waals surface area contributed by atoms with Crippen molar-refractivity contribution in [3.63, 3.8) is 0 Å². The second kappa shape index (κ2) is 7.10. The predicted molar refractivity (Wildman–Crippen MR) is 87.5 cm³/mol. The van der Waals surface area contributed by atoms with Crippen LogP contribution in [0.25, 0.3) is 0 Å². The molecule has 6 heteroatoms. The first-order chi connectivity index (χ1) is 10.8. The number of halogens is 1. The molecule has 0 atom stereocenters. The fourth-order valence-corrected chi connectivity index (χ4v) is 3.29. The third-order valence-electron chi connectivity index (χ3n) is 3.49. The number of hydrogen-bond donors (Lipinski definition) is 1. The molecule has 2 aromatic carbocycles. The predicted octanol–water partition coefficient (Wildman–Crippen LogP) is 3.44. The van der Waals surface area contributed by atoms with Gasteiger partial charge in [0.2, 0.25) is 10.0 Å². The number of hydrogen-bond acceptors (Lipinski definition) is 3. The van der Waals surface area contributed by atoms with Gasteiger partial charge in [0, 0.05) is 6.54 Å². The fraction of sp³-hybridized carbons (Fsp3) is 0.294. The zero-order valence-electron chi connectivity index (χ0n) is 13.3. The maximum absolute atomic E-state index is 13.1. The monoisotopic (exact) mass is 337 g/mol. The van der Waals surface area contributed by atoms with Crippen molar-refractivity contribution in [1.82, 2.24) is 4.72 Å². The Morgan fingerprint density at radius 3 is 2.52 bits per heavy atom. The van der Waals surface area contributed by atoms with Gasteiger partial charge in [0.05, 0.1) is 12.0 Å². The van der Waals surface area contributed by atoms with E-state index in [4.69, 9.17) is 4.74 Å². The minimum atomic E-state index is -3.68. The number of ether oxygens (including phenoxy) is 1. The second-order valence-corrected chi connectivity index (χ2v) is 7.28. The van der Waals surface area contributed by atoms with Gasteiger partial charge >= 0.3 is 0 Å². The van der Waals surface area contributed by atoms with E-state index >= 15 is 0 Å². The van der Waals surface area contributed by atoms with E-state index in [9.17, 15) is 12.8 Å². The first kappa shape index (κ1) is 17.4. The van der Waals surface area contributed by atoms with Crippen molar-refractivity contribution < 1.29 is 17.5 Å². The first-order valence-corrected chi connectivity index (χ1v) is 8.74. The molecule has 0 amide bonds. The number of nitrogens with one attached hydrogen (secondary N) is 1. The summed E-state index contributed by atoms with van der Waals surface area (Å²) in [6, 6.07) is 10.6. The molecule has 0 aromatic heterocycles. The molecule has 0 saturated heterocycles. The van der Waals surface area contributed by atoms with E-state index in [1.54, 1.807) is 31.4 Å². The summed E-state index contributed by atoms with van der Waals surface area (Å²) >= 11 is 0. The molecule has 124 valence electrons. The molecule has 4 nitrogen and oxygen atoms in total. The highest BCUT2D eigenvalue weighted by molar-refractivity contribution is 7.89. The summed E-state index contributed by atoms with van der Waals surface area (Å²) in [5, 5.41) is 0. The molecule has 0 unspecified atom stereocenters. The quantitative estimate of drug-likeness (QED) is 0.878. The van der Waals surface area contributed by atoms with Gasteiger partial charge in [-0.1, -0.05) is 26.0 Å². The zero-order valence-corrected chi connectivity index (χ0v) is 14.2. The topological polar surface area (TPSA) is 55.4 Å². The van der Waals surface area contributed by atoms with Crippen molar-refractivity contribution in [1.29, 1.82) is 0 Å². The van der Waals surface area contributed by atoms with Crippen LogP contribution in [0.2, 0.25) is 0 Å². The maximum atomic E-state index is 13.1. The van der Waals surface area contributed by atoms with Crippen LogP contribution in [0.5, 0.6) is 5.75 Å². The Labute approximate surface area is 136 Å². The maximum Gasteiger partial charge on any atom is 0.240 e. The van der Waals surface area contributed by atoms with E-state index in [2.05, 4.69) is 4.72 Å². The van der Waals surface area contributed by atoms with Gasteiger partial charge in [-0.3, -0.25) is 0 Å². The molecular weight excluding hydrogens is 317 g/mol. The first-order valence-electron chi connectivity index (χ1n) is 7.25. The van der Waals surface area contributed by atoms with Gasteiger partial charge in [0.1, 0.15) is 11.6 Å². The van der Waals surface area contributed by atoms with Gasteiger partial charge in [-0.05, 0) is 47.4 Å². The molecule has 0 radical (unpaired) electrons. The lowest BCUT2D eigenvalue weighted by atomic mass is 10.0. The van der Waals surface area contributed by atoms with Gasteiger partial charge in [0.25, 0.3) is 0 Å². The van der Waals surface area contributed by atoms with Crippen molar-refractivity contribution >= 4 is 10.0 Å². The van der Waals surface area contributed by atoms with E-state index in [0.717, 1.165) is 5.56 Å². The molecule has 0 heterocycles. The smallest absolute Gasteiger partial charge is 0.240 e. The van der Waals surface area contributed by atoms with Gasteiger partial charge in [0.15, 0.2) is 0 Å². The van der Waals surface area contributed by atoms with Crippen molar-refractivity contribution in [3.05, 3.63) is 59.4 Å². The van der Waals surface area contributed by atoms with Crippen LogP contribution >= 0.6 is 0 Å². The lowest BCUT2D eigenvalue weighted by Gasteiger charge is -2.14. The van der Waals surface area contributed by atoms with E-state index in [1.165, 1.54) is 18.2 Å². The number of rotatable bonds is 6. The Kier molecular flexibility index (Phi) is 5.38. The van der Waals surface area contributed by atoms with E-state index < -0.39 is 15.8 Å². The molecule has 0 bridgehead atoms. The van der Waals surface area contributed by atoms with Crippen molar-refractivity contribution in [2.75, 3.05) is 7.11 Å². The van der Waals surface area contributed by atoms with Crippen LogP contribution in [0.3, 0.4) is 0 Å². The van der Waals surface area contributed by atoms with Crippen LogP contribution in [-0.4, -0.2) is 15.5 Å². The normalized spacial score (nSPS) is 11.7. The highest BCUT2D eigenvalue weighted by atomic mass is 32.2. The van der Waals surface area contributed by atoms with Crippen LogP contribution in [0, 0.1) is 5.82 Å². The Balaban J connectivity index is 2.24. The molecule has 1 N–H and O–H groups in total. The summed E-state index contributed by atoms with van der Waals surface area (Å²) in [5.41, 5.74) is 1.38. The average molecular weight is 337 g/mol. The minimum absolute atomic E-state index is 0.0309. The molecule has 23 heavy (non-hydrogen) atoms. The molecule has 2 aromatic rings. The summed E-state index contributed by atoms with van der Waals surface area (Å²) in [4.78, 5) is 0.165. The van der Waals surface area contributed by atoms with Crippen molar-refractivity contribution in [3.8, 4) is 5.75 Å². The summed E-state index contributed by atoms with van der Waals surface area (Å²) < 4.78 is 45.7. The van der Waals surface area contributed by atoms with Crippen LogP contribution in [-0.2, 0) is 16.6 Å². The highest BCUT2D eigenvalue weighted by Crippen LogP contribution is 2.28. The summed E-state index contributed by atoms with van der Waals surface area (Å²) in [6.07, 6.45) is 0. The molecule has 0 aliphatic carbocycles. The van der Waals surface area contributed by atoms with Gasteiger partial charge in [-0.25, -0.2) is 17.5 Å². The van der Waals surface area contributed by atoms with Gasteiger partial charge in [-0.15, -0.1) is 0 Å². The zero-order chi connectivity index (χ0) is 17.0. The SMILES string of the molecule is COc1ccc(S(=O)(=O)NCc2cccc(F)c2)cc1C(C)C. The third kappa shape index (κ3) is 4.30. The number of benzene rings is 2. The molecule has 0 fully saturated rings. The standard InChI is InChI=1S/C17H20FNO3S/c1-12(2)16-10-15(7-8-17(16)22-3)23(20,21)19-11-13-5-4-6-14(18)9-13/h4-10,12,19H,11H2,1-3H3. The largest absolute Gasteiger partial charge is 0.496 e. The van der Waals surface area contributed by atoms with Gasteiger partial charge in [-0.2, -0.15) is 0 Å². The Morgan fingerprint density at radius 1 is 1.17 bits per heavy atom. The summed E-state index contributed by atoms with van der Waals surface area (Å²) in [6.45, 7) is 3.96. The molecule has 0 saturated carbocycles.